The number of hydrogen-bond donors (Lipinski definition) is 1. The third-order valence-electron chi connectivity index (χ3n) is 1.45. The van der Waals surface area contributed by atoms with Crippen molar-refractivity contribution >= 4 is 32.6 Å². The maximum Gasteiger partial charge on any atom is 0.266 e. The summed E-state index contributed by atoms with van der Waals surface area (Å²) in [6.07, 6.45) is -3.12. The third kappa shape index (κ3) is 2.78. The summed E-state index contributed by atoms with van der Waals surface area (Å²) in [5.74, 6) is -1.24. The van der Waals surface area contributed by atoms with Crippen LogP contribution in [0.1, 0.15) is 12.0 Å². The molecule has 1 aromatic rings. The summed E-state index contributed by atoms with van der Waals surface area (Å²) in [5, 5.41) is 3.91. The van der Waals surface area contributed by atoms with Gasteiger partial charge in [0.15, 0.2) is 10.8 Å². The Morgan fingerprint density at radius 3 is 2.40 bits per heavy atom. The Morgan fingerprint density at radius 1 is 1.47 bits per heavy atom. The van der Waals surface area contributed by atoms with Gasteiger partial charge in [0.1, 0.15) is 3.70 Å². The van der Waals surface area contributed by atoms with Crippen LogP contribution in [0.3, 0.4) is 0 Å². The monoisotopic (exact) mass is 352 g/mol. The first kappa shape index (κ1) is 12.6. The van der Waals surface area contributed by atoms with E-state index in [0.29, 0.717) is 6.07 Å². The second-order valence-corrected chi connectivity index (χ2v) is 5.03. The highest BCUT2D eigenvalue weighted by atomic mass is 127. The molecule has 1 rings (SSSR count). The zero-order valence-electron chi connectivity index (χ0n) is 6.92. The topological polar surface area (TPSA) is 73.1 Å². The van der Waals surface area contributed by atoms with Crippen molar-refractivity contribution in [2.45, 2.75) is 11.5 Å². The molecule has 0 saturated heterocycles. The van der Waals surface area contributed by atoms with E-state index in [-0.39, 0.29) is 0 Å². The lowest BCUT2D eigenvalue weighted by Gasteiger charge is -2.05. The summed E-state index contributed by atoms with van der Waals surface area (Å²) >= 11 is 1.31. The molecule has 2 N–H and O–H groups in total. The first-order valence-electron chi connectivity index (χ1n) is 3.40. The molecule has 0 bridgehead atoms. The van der Waals surface area contributed by atoms with Crippen molar-refractivity contribution in [2.75, 3.05) is 0 Å². The zero-order valence-corrected chi connectivity index (χ0v) is 9.89. The molecule has 0 aromatic carbocycles. The Morgan fingerprint density at radius 2 is 2.00 bits per heavy atom. The van der Waals surface area contributed by atoms with Crippen LogP contribution in [0, 0.1) is 9.52 Å². The van der Waals surface area contributed by atoms with Crippen molar-refractivity contribution in [3.8, 4) is 0 Å². The summed E-state index contributed by atoms with van der Waals surface area (Å²) in [6.45, 7) is 0. The van der Waals surface area contributed by atoms with E-state index in [9.17, 15) is 21.6 Å². The highest BCUT2D eigenvalue weighted by Crippen LogP contribution is 2.26. The van der Waals surface area contributed by atoms with Crippen molar-refractivity contribution in [2.24, 2.45) is 5.14 Å². The van der Waals surface area contributed by atoms with Crippen LogP contribution in [-0.4, -0.2) is 13.4 Å². The van der Waals surface area contributed by atoms with Gasteiger partial charge in [0.2, 0.25) is 0 Å². The number of sulfonamides is 1. The van der Waals surface area contributed by atoms with Crippen molar-refractivity contribution in [1.82, 2.24) is 4.98 Å². The number of nitrogens with zero attached hydrogens (tertiary/aromatic N) is 1. The molecular weight excluding hydrogens is 348 g/mol. The van der Waals surface area contributed by atoms with Crippen LogP contribution >= 0.6 is 22.6 Å². The molecule has 0 aliphatic carbocycles. The Hall–Kier alpha value is -0.420. The Balaban J connectivity index is 3.50. The second-order valence-electron chi connectivity index (χ2n) is 2.50. The largest absolute Gasteiger partial charge is 0.266 e. The number of aromatic nitrogens is 1. The van der Waals surface area contributed by atoms with E-state index in [1.807, 2.05) is 0 Å². The van der Waals surface area contributed by atoms with Crippen LogP contribution in [0.25, 0.3) is 0 Å². The Kier molecular flexibility index (Phi) is 3.55. The van der Waals surface area contributed by atoms with Gasteiger partial charge in [-0.2, -0.15) is 0 Å². The lowest BCUT2D eigenvalue weighted by atomic mass is 10.3. The van der Waals surface area contributed by atoms with E-state index in [1.165, 1.54) is 22.6 Å². The van der Waals surface area contributed by atoms with Crippen molar-refractivity contribution < 1.29 is 21.6 Å². The normalized spacial score (nSPS) is 12.1. The molecule has 0 saturated carbocycles. The Labute approximate surface area is 96.9 Å². The fourth-order valence-corrected chi connectivity index (χ4v) is 2.04. The van der Waals surface area contributed by atoms with Gasteiger partial charge in [-0.3, -0.25) is 0 Å². The number of nitrogens with two attached hydrogens (primary N) is 1. The van der Waals surface area contributed by atoms with Gasteiger partial charge in [-0.05, 0) is 28.7 Å². The Bertz CT molecular complexity index is 491. The molecule has 9 heteroatoms. The fourth-order valence-electron chi connectivity index (χ4n) is 0.798. The fraction of sp³-hybridized carbons (Fsp3) is 0.167. The van der Waals surface area contributed by atoms with Crippen LogP contribution in [-0.2, 0) is 10.0 Å². The third-order valence-corrected chi connectivity index (χ3v) is 2.96. The van der Waals surface area contributed by atoms with Crippen LogP contribution < -0.4 is 5.14 Å². The minimum atomic E-state index is -4.21. The molecule has 1 heterocycles. The molecule has 0 spiro atoms. The molecule has 84 valence electrons. The number of alkyl halides is 2. The summed E-state index contributed by atoms with van der Waals surface area (Å²) in [7, 11) is -4.21. The van der Waals surface area contributed by atoms with Gasteiger partial charge in [0, 0.05) is 0 Å². The average Bonchev–Trinajstić information content (AvgIpc) is 2.06. The van der Waals surface area contributed by atoms with E-state index < -0.39 is 36.6 Å². The maximum atomic E-state index is 13.0. The highest BCUT2D eigenvalue weighted by Gasteiger charge is 2.22. The van der Waals surface area contributed by atoms with E-state index in [4.69, 9.17) is 0 Å². The highest BCUT2D eigenvalue weighted by molar-refractivity contribution is 14.1. The quantitative estimate of drug-likeness (QED) is 0.646. The molecule has 0 aliphatic heterocycles. The van der Waals surface area contributed by atoms with Gasteiger partial charge >= 0.3 is 0 Å². The van der Waals surface area contributed by atoms with Gasteiger partial charge < -0.3 is 0 Å². The van der Waals surface area contributed by atoms with Crippen molar-refractivity contribution in [1.29, 1.82) is 0 Å². The van der Waals surface area contributed by atoms with Crippen LogP contribution in [0.5, 0.6) is 0 Å². The van der Waals surface area contributed by atoms with E-state index in [0.717, 1.165) is 0 Å². The lowest BCUT2D eigenvalue weighted by Crippen LogP contribution is -2.16. The van der Waals surface area contributed by atoms with E-state index in [1.54, 1.807) is 0 Å². The number of rotatable bonds is 2. The summed E-state index contributed by atoms with van der Waals surface area (Å²) < 4.78 is 58.7. The number of pyridine rings is 1. The van der Waals surface area contributed by atoms with E-state index in [2.05, 4.69) is 10.1 Å². The number of primary sulfonamides is 1. The molecular formula is C6H4F3IN2O2S. The van der Waals surface area contributed by atoms with Gasteiger partial charge in [-0.15, -0.1) is 0 Å². The first-order valence-corrected chi connectivity index (χ1v) is 6.03. The number of hydrogen-bond acceptors (Lipinski definition) is 3. The standard InChI is InChI=1S/C6H4F3IN2O2S/c7-4-2(5(8)9)1-3(12-6(4)10)15(11,13)14/h1,5H,(H2,11,13,14). The predicted molar refractivity (Wildman–Crippen MR) is 53.2 cm³/mol. The summed E-state index contributed by atoms with van der Waals surface area (Å²) in [5.41, 5.74) is -1.03. The van der Waals surface area contributed by atoms with Crippen LogP contribution in [0.2, 0.25) is 0 Å². The zero-order chi connectivity index (χ0) is 11.8. The molecule has 1 aromatic heterocycles. The second kappa shape index (κ2) is 4.22. The smallest absolute Gasteiger partial charge is 0.226 e. The molecule has 0 atom stereocenters. The summed E-state index contributed by atoms with van der Waals surface area (Å²) in [6, 6.07) is 0.428. The minimum absolute atomic E-state index is 0.428. The molecule has 15 heavy (non-hydrogen) atoms. The maximum absolute atomic E-state index is 13.0. The summed E-state index contributed by atoms with van der Waals surface area (Å²) in [4.78, 5) is 3.25. The minimum Gasteiger partial charge on any atom is -0.226 e. The van der Waals surface area contributed by atoms with Crippen LogP contribution in [0.15, 0.2) is 11.1 Å². The van der Waals surface area contributed by atoms with E-state index >= 15 is 0 Å². The molecule has 0 unspecified atom stereocenters. The molecule has 0 radical (unpaired) electrons. The molecule has 4 nitrogen and oxygen atoms in total. The lowest BCUT2D eigenvalue weighted by molar-refractivity contribution is 0.145. The number of halogens is 4. The van der Waals surface area contributed by atoms with Gasteiger partial charge in [0.05, 0.1) is 5.56 Å². The SMILES string of the molecule is NS(=O)(=O)c1cc(C(F)F)c(F)c(I)n1. The van der Waals surface area contributed by atoms with Gasteiger partial charge in [-0.25, -0.2) is 31.7 Å². The molecule has 0 aliphatic rings. The van der Waals surface area contributed by atoms with Gasteiger partial charge in [-0.1, -0.05) is 0 Å². The predicted octanol–water partition coefficient (Wildman–Crippen LogP) is 1.41. The van der Waals surface area contributed by atoms with Crippen molar-refractivity contribution in [3.05, 3.63) is 21.1 Å². The average molecular weight is 352 g/mol. The van der Waals surface area contributed by atoms with Gasteiger partial charge in [0.25, 0.3) is 16.4 Å². The molecule has 0 fully saturated rings. The first-order chi connectivity index (χ1) is 6.73. The van der Waals surface area contributed by atoms with Crippen molar-refractivity contribution in [3.63, 3.8) is 0 Å². The van der Waals surface area contributed by atoms with Crippen LogP contribution in [0.4, 0.5) is 13.2 Å². The molecule has 0 amide bonds.